The predicted octanol–water partition coefficient (Wildman–Crippen LogP) is 2.96. The normalized spacial score (nSPS) is 19.0. The summed E-state index contributed by atoms with van der Waals surface area (Å²) >= 11 is 6.33. The number of rotatable bonds is 5. The summed E-state index contributed by atoms with van der Waals surface area (Å²) in [7, 11) is 1.70. The fraction of sp³-hybridized carbons (Fsp3) is 0.571. The molecule has 3 nitrogen and oxygen atoms in total. The lowest BCUT2D eigenvalue weighted by Crippen LogP contribution is -2.28. The number of fused-ring (bicyclic) bond motifs is 1. The van der Waals surface area contributed by atoms with Crippen molar-refractivity contribution in [3.63, 3.8) is 0 Å². The molecule has 1 heterocycles. The van der Waals surface area contributed by atoms with Crippen LogP contribution in [0.3, 0.4) is 0 Å². The Balaban J connectivity index is 2.34. The third-order valence-electron chi connectivity index (χ3n) is 3.64. The number of unbranched alkanes of at least 4 members (excludes halogenated alkanes) is 1. The number of nitrogens with zero attached hydrogens (tertiary/aromatic N) is 1. The molecule has 0 saturated heterocycles. The van der Waals surface area contributed by atoms with Crippen molar-refractivity contribution in [2.75, 3.05) is 20.2 Å². The van der Waals surface area contributed by atoms with Crippen molar-refractivity contribution < 1.29 is 4.74 Å². The van der Waals surface area contributed by atoms with Crippen LogP contribution in [0.2, 0.25) is 5.02 Å². The fourth-order valence-corrected chi connectivity index (χ4v) is 2.99. The van der Waals surface area contributed by atoms with Crippen LogP contribution in [0.1, 0.15) is 36.9 Å². The second kappa shape index (κ2) is 5.91. The maximum absolute atomic E-state index is 6.33. The molecule has 0 radical (unpaired) electrons. The average molecular weight is 269 g/mol. The minimum Gasteiger partial charge on any atom is -0.496 e. The van der Waals surface area contributed by atoms with E-state index in [1.807, 2.05) is 12.1 Å². The number of halogens is 1. The number of hydrogen-bond acceptors (Lipinski definition) is 3. The van der Waals surface area contributed by atoms with Gasteiger partial charge in [0.1, 0.15) is 5.75 Å². The second-order valence-corrected chi connectivity index (χ2v) is 5.12. The number of hydrogen-bond donors (Lipinski definition) is 1. The average Bonchev–Trinajstić information content (AvgIpc) is 2.76. The Labute approximate surface area is 114 Å². The molecule has 0 saturated carbocycles. The van der Waals surface area contributed by atoms with Crippen LogP contribution < -0.4 is 10.5 Å². The lowest BCUT2D eigenvalue weighted by Gasteiger charge is -2.23. The molecule has 4 heteroatoms. The van der Waals surface area contributed by atoms with E-state index < -0.39 is 0 Å². The summed E-state index contributed by atoms with van der Waals surface area (Å²) in [5.41, 5.74) is 8.30. The van der Waals surface area contributed by atoms with Gasteiger partial charge in [-0.1, -0.05) is 24.9 Å². The molecule has 0 fully saturated rings. The summed E-state index contributed by atoms with van der Waals surface area (Å²) in [5.74, 6) is 0.923. The van der Waals surface area contributed by atoms with E-state index >= 15 is 0 Å². The van der Waals surface area contributed by atoms with Gasteiger partial charge < -0.3 is 10.5 Å². The van der Waals surface area contributed by atoms with Gasteiger partial charge in [-0.05, 0) is 30.7 Å². The van der Waals surface area contributed by atoms with Crippen LogP contribution >= 0.6 is 11.6 Å². The highest BCUT2D eigenvalue weighted by molar-refractivity contribution is 6.31. The van der Waals surface area contributed by atoms with Crippen molar-refractivity contribution in [2.45, 2.75) is 32.4 Å². The van der Waals surface area contributed by atoms with Gasteiger partial charge in [0.2, 0.25) is 0 Å². The molecule has 1 aliphatic rings. The van der Waals surface area contributed by atoms with E-state index in [2.05, 4.69) is 11.8 Å². The van der Waals surface area contributed by atoms with Crippen molar-refractivity contribution in [2.24, 2.45) is 5.73 Å². The topological polar surface area (TPSA) is 38.5 Å². The molecule has 1 unspecified atom stereocenters. The molecular formula is C14H21ClN2O. The Kier molecular flexibility index (Phi) is 4.49. The highest BCUT2D eigenvalue weighted by Gasteiger charge is 2.32. The van der Waals surface area contributed by atoms with E-state index in [4.69, 9.17) is 22.1 Å². The summed E-state index contributed by atoms with van der Waals surface area (Å²) < 4.78 is 5.43. The quantitative estimate of drug-likeness (QED) is 0.892. The molecule has 1 aromatic rings. The molecule has 0 spiro atoms. The number of nitrogens with two attached hydrogens (primary N) is 1. The Morgan fingerprint density at radius 1 is 1.50 bits per heavy atom. The second-order valence-electron chi connectivity index (χ2n) is 4.72. The zero-order valence-electron chi connectivity index (χ0n) is 11.1. The fourth-order valence-electron chi connectivity index (χ4n) is 2.69. The van der Waals surface area contributed by atoms with Crippen LogP contribution in [0, 0.1) is 0 Å². The maximum atomic E-state index is 6.33. The molecule has 18 heavy (non-hydrogen) atoms. The highest BCUT2D eigenvalue weighted by atomic mass is 35.5. The van der Waals surface area contributed by atoms with Crippen LogP contribution in [0.25, 0.3) is 0 Å². The van der Waals surface area contributed by atoms with Crippen molar-refractivity contribution in [1.82, 2.24) is 4.90 Å². The Morgan fingerprint density at radius 2 is 2.28 bits per heavy atom. The summed E-state index contributed by atoms with van der Waals surface area (Å²) in [4.78, 5) is 2.41. The van der Waals surface area contributed by atoms with E-state index in [0.717, 1.165) is 29.4 Å². The van der Waals surface area contributed by atoms with Gasteiger partial charge in [-0.15, -0.1) is 0 Å². The summed E-state index contributed by atoms with van der Waals surface area (Å²) in [6.45, 7) is 4.76. The predicted molar refractivity (Wildman–Crippen MR) is 75.1 cm³/mol. The summed E-state index contributed by atoms with van der Waals surface area (Å²) in [6, 6.07) is 4.08. The lowest BCUT2D eigenvalue weighted by molar-refractivity contribution is 0.216. The molecule has 1 atom stereocenters. The Morgan fingerprint density at radius 3 is 2.89 bits per heavy atom. The molecule has 2 N–H and O–H groups in total. The monoisotopic (exact) mass is 268 g/mol. The minimum atomic E-state index is 0.231. The third-order valence-corrected chi connectivity index (χ3v) is 3.97. The van der Waals surface area contributed by atoms with Gasteiger partial charge in [-0.3, -0.25) is 4.90 Å². The van der Waals surface area contributed by atoms with Gasteiger partial charge in [0.15, 0.2) is 0 Å². The summed E-state index contributed by atoms with van der Waals surface area (Å²) in [5, 5.41) is 0.806. The summed E-state index contributed by atoms with van der Waals surface area (Å²) in [6.07, 6.45) is 2.37. The van der Waals surface area contributed by atoms with Crippen molar-refractivity contribution in [1.29, 1.82) is 0 Å². The first-order chi connectivity index (χ1) is 8.72. The smallest absolute Gasteiger partial charge is 0.123 e. The Bertz CT molecular complexity index is 423. The number of ether oxygens (including phenoxy) is 1. The molecule has 2 rings (SSSR count). The maximum Gasteiger partial charge on any atom is 0.123 e. The highest BCUT2D eigenvalue weighted by Crippen LogP contribution is 2.42. The van der Waals surface area contributed by atoms with Crippen LogP contribution in [0.5, 0.6) is 5.75 Å². The molecular weight excluding hydrogens is 248 g/mol. The standard InChI is InChI=1S/C14H21ClN2O/c1-3-4-7-17-9-10-13(18-2)6-5-11(15)14(10)12(17)8-16/h5-6,12H,3-4,7-9,16H2,1-2H3. The first-order valence-corrected chi connectivity index (χ1v) is 6.90. The van der Waals surface area contributed by atoms with Crippen molar-refractivity contribution in [3.8, 4) is 5.75 Å². The van der Waals surface area contributed by atoms with Crippen LogP contribution in [-0.4, -0.2) is 25.1 Å². The van der Waals surface area contributed by atoms with E-state index in [1.165, 1.54) is 18.4 Å². The van der Waals surface area contributed by atoms with Gasteiger partial charge >= 0.3 is 0 Å². The van der Waals surface area contributed by atoms with Gasteiger partial charge in [0, 0.05) is 29.7 Å². The largest absolute Gasteiger partial charge is 0.496 e. The molecule has 0 aromatic heterocycles. The number of methoxy groups -OCH3 is 1. The van der Waals surface area contributed by atoms with Gasteiger partial charge in [0.25, 0.3) is 0 Å². The zero-order chi connectivity index (χ0) is 13.1. The van der Waals surface area contributed by atoms with E-state index in [0.29, 0.717) is 6.54 Å². The SMILES string of the molecule is CCCCN1Cc2c(OC)ccc(Cl)c2C1CN. The van der Waals surface area contributed by atoms with Crippen molar-refractivity contribution in [3.05, 3.63) is 28.3 Å². The lowest BCUT2D eigenvalue weighted by atomic mass is 10.0. The van der Waals surface area contributed by atoms with Crippen LogP contribution in [-0.2, 0) is 6.54 Å². The third kappa shape index (κ3) is 2.35. The Hall–Kier alpha value is -0.770. The first kappa shape index (κ1) is 13.7. The van der Waals surface area contributed by atoms with E-state index in [-0.39, 0.29) is 6.04 Å². The van der Waals surface area contributed by atoms with E-state index in [1.54, 1.807) is 7.11 Å². The molecule has 1 aliphatic heterocycles. The van der Waals surface area contributed by atoms with Gasteiger partial charge in [0.05, 0.1) is 7.11 Å². The number of benzene rings is 1. The zero-order valence-corrected chi connectivity index (χ0v) is 11.8. The van der Waals surface area contributed by atoms with Gasteiger partial charge in [-0.2, -0.15) is 0 Å². The van der Waals surface area contributed by atoms with Gasteiger partial charge in [-0.25, -0.2) is 0 Å². The van der Waals surface area contributed by atoms with Crippen LogP contribution in [0.4, 0.5) is 0 Å². The molecule has 0 amide bonds. The first-order valence-electron chi connectivity index (χ1n) is 6.52. The van der Waals surface area contributed by atoms with E-state index in [9.17, 15) is 0 Å². The molecule has 0 aliphatic carbocycles. The molecule has 1 aromatic carbocycles. The molecule has 100 valence electrons. The van der Waals surface area contributed by atoms with Crippen LogP contribution in [0.15, 0.2) is 12.1 Å². The van der Waals surface area contributed by atoms with Crippen molar-refractivity contribution >= 4 is 11.6 Å². The molecule has 0 bridgehead atoms. The minimum absolute atomic E-state index is 0.231.